The number of nitrogens with zero attached hydrogens (tertiary/aromatic N) is 3. The smallest absolute Gasteiger partial charge is 0.141 e. The fraction of sp³-hybridized carbons (Fsp3) is 0.500. The highest BCUT2D eigenvalue weighted by Gasteiger charge is 2.40. The predicted molar refractivity (Wildman–Crippen MR) is 87.4 cm³/mol. The summed E-state index contributed by atoms with van der Waals surface area (Å²) in [6.45, 7) is 4.28. The maximum Gasteiger partial charge on any atom is 0.141 e. The van der Waals surface area contributed by atoms with E-state index < -0.39 is 0 Å². The third-order valence-electron chi connectivity index (χ3n) is 4.94. The van der Waals surface area contributed by atoms with Gasteiger partial charge in [0.15, 0.2) is 0 Å². The largest absolute Gasteiger partial charge is 0.508 e. The van der Waals surface area contributed by atoms with Gasteiger partial charge >= 0.3 is 0 Å². The van der Waals surface area contributed by atoms with E-state index in [1.165, 1.54) is 0 Å². The maximum absolute atomic E-state index is 10.2. The summed E-state index contributed by atoms with van der Waals surface area (Å²) in [6, 6.07) is 3.20. The fourth-order valence-electron chi connectivity index (χ4n) is 3.61. The summed E-state index contributed by atoms with van der Waals surface area (Å²) in [7, 11) is 0. The maximum atomic E-state index is 10.2. The van der Waals surface area contributed by atoms with Gasteiger partial charge in [0.05, 0.1) is 22.1 Å². The average Bonchev–Trinajstić information content (AvgIpc) is 3.19. The van der Waals surface area contributed by atoms with Crippen LogP contribution in [0.3, 0.4) is 0 Å². The van der Waals surface area contributed by atoms with Crippen molar-refractivity contribution in [2.75, 3.05) is 13.2 Å². The Balaban J connectivity index is 1.70. The van der Waals surface area contributed by atoms with Crippen LogP contribution in [0.15, 0.2) is 12.1 Å². The molecule has 23 heavy (non-hydrogen) atoms. The molecule has 3 heterocycles. The van der Waals surface area contributed by atoms with E-state index in [-0.39, 0.29) is 17.1 Å². The first-order valence-electron chi connectivity index (χ1n) is 7.67. The van der Waals surface area contributed by atoms with Crippen LogP contribution in [0.1, 0.15) is 36.5 Å². The van der Waals surface area contributed by atoms with Crippen LogP contribution in [0.2, 0.25) is 10.0 Å². The van der Waals surface area contributed by atoms with E-state index in [9.17, 15) is 5.11 Å². The second-order valence-corrected chi connectivity index (χ2v) is 7.39. The third kappa shape index (κ3) is 2.33. The zero-order chi connectivity index (χ0) is 16.2. The number of phenols is 1. The molecule has 5 nitrogen and oxygen atoms in total. The molecule has 0 saturated carbocycles. The summed E-state index contributed by atoms with van der Waals surface area (Å²) < 4.78 is 7.70. The summed E-state index contributed by atoms with van der Waals surface area (Å²) in [5.74, 6) is 2.12. The number of benzene rings is 1. The minimum Gasteiger partial charge on any atom is -0.508 e. The molecule has 2 aromatic rings. The monoisotopic (exact) mass is 353 g/mol. The molecule has 0 unspecified atom stereocenters. The molecule has 2 aliphatic heterocycles. The molecule has 1 fully saturated rings. The van der Waals surface area contributed by atoms with E-state index >= 15 is 0 Å². The normalized spacial score (nSPS) is 26.7. The molecule has 1 aromatic carbocycles. The van der Waals surface area contributed by atoms with Gasteiger partial charge in [-0.2, -0.15) is 0 Å². The first-order chi connectivity index (χ1) is 11.0. The van der Waals surface area contributed by atoms with Gasteiger partial charge in [-0.15, -0.1) is 10.2 Å². The zero-order valence-electron chi connectivity index (χ0n) is 12.7. The lowest BCUT2D eigenvalue weighted by atomic mass is 9.89. The number of phenolic OH excluding ortho intramolecular Hbond substituents is 1. The van der Waals surface area contributed by atoms with E-state index in [1.807, 2.05) is 0 Å². The van der Waals surface area contributed by atoms with Crippen molar-refractivity contribution in [1.29, 1.82) is 0 Å². The summed E-state index contributed by atoms with van der Waals surface area (Å²) in [5, 5.41) is 19.8. The van der Waals surface area contributed by atoms with Crippen LogP contribution in [0, 0.1) is 0 Å². The number of aromatic nitrogens is 3. The summed E-state index contributed by atoms with van der Waals surface area (Å²) in [4.78, 5) is 0. The van der Waals surface area contributed by atoms with E-state index in [4.69, 9.17) is 27.9 Å². The standard InChI is InChI=1S/C16H17Cl2N3O2/c1-16(4-5-23-8-16)15-20-19-12-6-9(7-21(12)15)13-11(22)3-2-10(17)14(13)18/h2-3,9,22H,4-8H2,1H3/t9-,16+/m1/s1. The van der Waals surface area contributed by atoms with Gasteiger partial charge in [0, 0.05) is 31.1 Å². The molecule has 1 aromatic heterocycles. The Kier molecular flexibility index (Phi) is 3.55. The molecule has 2 aliphatic rings. The van der Waals surface area contributed by atoms with E-state index in [0.717, 1.165) is 24.7 Å². The van der Waals surface area contributed by atoms with Crippen molar-refractivity contribution in [2.45, 2.75) is 37.6 Å². The van der Waals surface area contributed by atoms with Crippen LogP contribution < -0.4 is 0 Å². The Morgan fingerprint density at radius 1 is 1.35 bits per heavy atom. The van der Waals surface area contributed by atoms with Crippen LogP contribution in [-0.2, 0) is 23.1 Å². The summed E-state index contributed by atoms with van der Waals surface area (Å²) >= 11 is 12.4. The number of fused-ring (bicyclic) bond motifs is 1. The molecule has 0 aliphatic carbocycles. The summed E-state index contributed by atoms with van der Waals surface area (Å²) in [5.41, 5.74) is 0.601. The van der Waals surface area contributed by atoms with Gasteiger partial charge in [-0.1, -0.05) is 30.1 Å². The topological polar surface area (TPSA) is 60.2 Å². The molecule has 2 atom stereocenters. The van der Waals surface area contributed by atoms with Gasteiger partial charge in [-0.05, 0) is 18.6 Å². The van der Waals surface area contributed by atoms with Gasteiger partial charge in [0.1, 0.15) is 17.4 Å². The quantitative estimate of drug-likeness (QED) is 0.899. The molecule has 7 heteroatoms. The van der Waals surface area contributed by atoms with E-state index in [2.05, 4.69) is 21.7 Å². The first kappa shape index (κ1) is 15.2. The van der Waals surface area contributed by atoms with Gasteiger partial charge in [0.2, 0.25) is 0 Å². The van der Waals surface area contributed by atoms with E-state index in [0.29, 0.717) is 35.2 Å². The number of hydrogen-bond acceptors (Lipinski definition) is 4. The molecule has 0 bridgehead atoms. The highest BCUT2D eigenvalue weighted by atomic mass is 35.5. The van der Waals surface area contributed by atoms with Crippen molar-refractivity contribution < 1.29 is 9.84 Å². The molecule has 0 radical (unpaired) electrons. The minimum atomic E-state index is -0.0969. The Hall–Kier alpha value is -1.30. The lowest BCUT2D eigenvalue weighted by Gasteiger charge is -2.21. The Bertz CT molecular complexity index is 769. The highest BCUT2D eigenvalue weighted by Crippen LogP contribution is 2.43. The Labute approximate surface area is 144 Å². The molecular formula is C16H17Cl2N3O2. The molecular weight excluding hydrogens is 337 g/mol. The van der Waals surface area contributed by atoms with Crippen LogP contribution in [-0.4, -0.2) is 33.1 Å². The number of aromatic hydroxyl groups is 1. The molecule has 0 amide bonds. The lowest BCUT2D eigenvalue weighted by Crippen LogP contribution is -2.27. The summed E-state index contributed by atoms with van der Waals surface area (Å²) in [6.07, 6.45) is 1.64. The van der Waals surface area contributed by atoms with Crippen LogP contribution in [0.4, 0.5) is 0 Å². The molecule has 1 N–H and O–H groups in total. The number of halogens is 2. The number of hydrogen-bond donors (Lipinski definition) is 1. The van der Waals surface area contributed by atoms with Crippen molar-refractivity contribution in [3.05, 3.63) is 39.4 Å². The van der Waals surface area contributed by atoms with Gasteiger partial charge in [-0.25, -0.2) is 0 Å². The highest BCUT2D eigenvalue weighted by molar-refractivity contribution is 6.42. The lowest BCUT2D eigenvalue weighted by molar-refractivity contribution is 0.178. The minimum absolute atomic E-state index is 0.0522. The fourth-order valence-corrected chi connectivity index (χ4v) is 4.09. The zero-order valence-corrected chi connectivity index (χ0v) is 14.2. The predicted octanol–water partition coefficient (Wildman–Crippen LogP) is 3.31. The van der Waals surface area contributed by atoms with Crippen molar-refractivity contribution in [1.82, 2.24) is 14.8 Å². The van der Waals surface area contributed by atoms with Crippen molar-refractivity contribution >= 4 is 23.2 Å². The van der Waals surface area contributed by atoms with Crippen molar-refractivity contribution in [2.24, 2.45) is 0 Å². The Morgan fingerprint density at radius 2 is 2.17 bits per heavy atom. The van der Waals surface area contributed by atoms with Gasteiger partial charge in [0.25, 0.3) is 0 Å². The van der Waals surface area contributed by atoms with E-state index in [1.54, 1.807) is 12.1 Å². The number of ether oxygens (including phenoxy) is 1. The van der Waals surface area contributed by atoms with Crippen molar-refractivity contribution in [3.8, 4) is 5.75 Å². The van der Waals surface area contributed by atoms with Gasteiger partial charge in [-0.3, -0.25) is 0 Å². The molecule has 4 rings (SSSR count). The second-order valence-electron chi connectivity index (χ2n) is 6.61. The van der Waals surface area contributed by atoms with Crippen LogP contribution in [0.25, 0.3) is 0 Å². The SMILES string of the molecule is C[C@]1(c2nnc3n2C[C@H](c2c(O)ccc(Cl)c2Cl)C3)CCOC1. The first-order valence-corrected chi connectivity index (χ1v) is 8.42. The third-order valence-corrected chi connectivity index (χ3v) is 5.75. The Morgan fingerprint density at radius 3 is 2.91 bits per heavy atom. The van der Waals surface area contributed by atoms with Crippen LogP contribution >= 0.6 is 23.2 Å². The van der Waals surface area contributed by atoms with Crippen LogP contribution in [0.5, 0.6) is 5.75 Å². The molecule has 0 spiro atoms. The number of rotatable bonds is 2. The molecule has 122 valence electrons. The molecule has 1 saturated heterocycles. The van der Waals surface area contributed by atoms with Gasteiger partial charge < -0.3 is 14.4 Å². The average molecular weight is 354 g/mol. The second kappa shape index (κ2) is 5.36. The van der Waals surface area contributed by atoms with Crippen molar-refractivity contribution in [3.63, 3.8) is 0 Å².